The lowest BCUT2D eigenvalue weighted by molar-refractivity contribution is -0.129. The van der Waals surface area contributed by atoms with Gasteiger partial charge >= 0.3 is 0 Å². The first-order chi connectivity index (χ1) is 13.9. The molecule has 2 aromatic carbocycles. The van der Waals surface area contributed by atoms with E-state index in [4.69, 9.17) is 11.6 Å². The molecule has 2 saturated heterocycles. The summed E-state index contributed by atoms with van der Waals surface area (Å²) in [5.41, 5.74) is 2.09. The van der Waals surface area contributed by atoms with Crippen molar-refractivity contribution in [3.63, 3.8) is 0 Å². The maximum atomic E-state index is 13.6. The molecule has 0 saturated carbocycles. The van der Waals surface area contributed by atoms with E-state index in [1.807, 2.05) is 35.2 Å². The fourth-order valence-electron chi connectivity index (χ4n) is 4.90. The number of hydrogen-bond acceptors (Lipinski definition) is 4. The molecule has 0 spiro atoms. The predicted molar refractivity (Wildman–Crippen MR) is 105 cm³/mol. The molecule has 0 radical (unpaired) electrons. The van der Waals surface area contributed by atoms with Crippen LogP contribution in [-0.2, 0) is 14.4 Å². The second kappa shape index (κ2) is 6.26. The van der Waals surface area contributed by atoms with Gasteiger partial charge in [0, 0.05) is 6.20 Å². The van der Waals surface area contributed by atoms with E-state index in [0.717, 1.165) is 22.1 Å². The summed E-state index contributed by atoms with van der Waals surface area (Å²) in [6.07, 6.45) is 3.70. The smallest absolute Gasteiger partial charge is 0.240 e. The number of amides is 2. The summed E-state index contributed by atoms with van der Waals surface area (Å²) in [5, 5.41) is -0.171. The number of halogens is 2. The highest BCUT2D eigenvalue weighted by molar-refractivity contribution is 6.31. The summed E-state index contributed by atoms with van der Waals surface area (Å²) in [6.45, 7) is 1.44. The number of nitrogens with zero attached hydrogens (tertiary/aromatic N) is 2. The highest BCUT2D eigenvalue weighted by Crippen LogP contribution is 2.53. The number of ketones is 1. The fraction of sp³-hybridized carbons (Fsp3) is 0.227. The molecule has 0 aliphatic carbocycles. The van der Waals surface area contributed by atoms with Crippen LogP contribution in [0.2, 0.25) is 5.02 Å². The summed E-state index contributed by atoms with van der Waals surface area (Å²) in [5.74, 6) is -3.16. The Balaban J connectivity index is 1.65. The first-order valence-electron chi connectivity index (χ1n) is 9.28. The molecule has 5 nitrogen and oxygen atoms in total. The lowest BCUT2D eigenvalue weighted by Gasteiger charge is -2.34. The summed E-state index contributed by atoms with van der Waals surface area (Å²) in [4.78, 5) is 42.2. The molecule has 2 amide bonds. The third-order valence-electron chi connectivity index (χ3n) is 6.04. The van der Waals surface area contributed by atoms with Crippen LogP contribution in [0.4, 0.5) is 10.1 Å². The molecule has 0 N–H and O–H groups in total. The number of fused-ring (bicyclic) bond motifs is 5. The molecule has 5 rings (SSSR count). The van der Waals surface area contributed by atoms with Gasteiger partial charge in [-0.05, 0) is 42.3 Å². The zero-order valence-corrected chi connectivity index (χ0v) is 16.1. The van der Waals surface area contributed by atoms with E-state index >= 15 is 0 Å². The van der Waals surface area contributed by atoms with Crippen LogP contribution in [0.25, 0.3) is 6.08 Å². The van der Waals surface area contributed by atoms with Crippen LogP contribution >= 0.6 is 11.6 Å². The van der Waals surface area contributed by atoms with Crippen LogP contribution < -0.4 is 4.90 Å². The number of Topliss-reactive ketones (excluding diaryl/α,β-unsaturated/α-hetero) is 1. The van der Waals surface area contributed by atoms with Crippen LogP contribution in [0.1, 0.15) is 24.1 Å². The third-order valence-corrected chi connectivity index (χ3v) is 6.33. The molecule has 0 unspecified atom stereocenters. The molecule has 146 valence electrons. The second-order valence-electron chi connectivity index (χ2n) is 7.55. The molecule has 29 heavy (non-hydrogen) atoms. The number of benzene rings is 2. The van der Waals surface area contributed by atoms with Crippen molar-refractivity contribution in [2.75, 3.05) is 4.90 Å². The van der Waals surface area contributed by atoms with Crippen LogP contribution in [0.15, 0.2) is 48.7 Å². The van der Waals surface area contributed by atoms with Crippen molar-refractivity contribution in [3.05, 3.63) is 70.6 Å². The number of carbonyl (C=O) groups excluding carboxylic acids is 3. The first-order valence-corrected chi connectivity index (χ1v) is 9.66. The lowest BCUT2D eigenvalue weighted by Crippen LogP contribution is -2.43. The Morgan fingerprint density at radius 3 is 2.52 bits per heavy atom. The minimum atomic E-state index is -0.801. The highest BCUT2D eigenvalue weighted by Gasteiger charge is 2.63. The predicted octanol–water partition coefficient (Wildman–Crippen LogP) is 3.58. The second-order valence-corrected chi connectivity index (χ2v) is 7.96. The molecule has 3 aliphatic heterocycles. The lowest BCUT2D eigenvalue weighted by atomic mass is 9.84. The maximum Gasteiger partial charge on any atom is 0.240 e. The average molecular weight is 411 g/mol. The van der Waals surface area contributed by atoms with Crippen molar-refractivity contribution in [1.82, 2.24) is 4.90 Å². The normalized spacial score (nSPS) is 27.1. The van der Waals surface area contributed by atoms with Crippen LogP contribution in [-0.4, -0.2) is 28.5 Å². The summed E-state index contributed by atoms with van der Waals surface area (Å²) in [6, 6.07) is 10.3. The quantitative estimate of drug-likeness (QED) is 0.710. The maximum absolute atomic E-state index is 13.6. The van der Waals surface area contributed by atoms with E-state index < -0.39 is 41.6 Å². The molecule has 0 bridgehead atoms. The van der Waals surface area contributed by atoms with Gasteiger partial charge in [-0.2, -0.15) is 0 Å². The van der Waals surface area contributed by atoms with E-state index in [1.54, 1.807) is 6.20 Å². The van der Waals surface area contributed by atoms with E-state index in [0.29, 0.717) is 0 Å². The van der Waals surface area contributed by atoms with Crippen molar-refractivity contribution >= 4 is 41.0 Å². The van der Waals surface area contributed by atoms with Gasteiger partial charge < -0.3 is 4.90 Å². The minimum absolute atomic E-state index is 0.171. The number of imide groups is 1. The van der Waals surface area contributed by atoms with Gasteiger partial charge in [0.15, 0.2) is 5.78 Å². The fourth-order valence-corrected chi connectivity index (χ4v) is 5.07. The van der Waals surface area contributed by atoms with Gasteiger partial charge in [-0.15, -0.1) is 0 Å². The number of anilines is 1. The Morgan fingerprint density at radius 1 is 1.07 bits per heavy atom. The van der Waals surface area contributed by atoms with Crippen LogP contribution in [0.5, 0.6) is 0 Å². The van der Waals surface area contributed by atoms with Crippen molar-refractivity contribution < 1.29 is 18.8 Å². The molecule has 0 aromatic heterocycles. The first kappa shape index (κ1) is 18.1. The number of rotatable bonds is 2. The standard InChI is InChI=1S/C22H16ClFN2O3/c1-11(27)19-17-18(20-14-5-3-2-4-12(14)8-9-25(19)20)22(29)26(21(17)28)13-6-7-16(24)15(23)10-13/h2-10,17-20H,1H3/t17-,18+,19+,20+/m1/s1. The Morgan fingerprint density at radius 2 is 1.79 bits per heavy atom. The van der Waals surface area contributed by atoms with Gasteiger partial charge in [0.05, 0.1) is 34.6 Å². The van der Waals surface area contributed by atoms with E-state index in [-0.39, 0.29) is 16.5 Å². The van der Waals surface area contributed by atoms with Crippen LogP contribution in [0, 0.1) is 17.7 Å². The summed E-state index contributed by atoms with van der Waals surface area (Å²) in [7, 11) is 0. The third kappa shape index (κ3) is 2.42. The molecule has 2 fully saturated rings. The van der Waals surface area contributed by atoms with Gasteiger partial charge in [0.25, 0.3) is 0 Å². The number of hydrogen-bond donors (Lipinski definition) is 0. The largest absolute Gasteiger partial charge is 0.359 e. The SMILES string of the molecule is CC(=O)[C@H]1[C@@H]2C(=O)N(c3ccc(F)c(Cl)c3)C(=O)[C@@H]2[C@@H]2c3ccccc3C=CN12. The molecular formula is C22H16ClFN2O3. The summed E-state index contributed by atoms with van der Waals surface area (Å²) >= 11 is 5.87. The van der Waals surface area contributed by atoms with Crippen molar-refractivity contribution in [3.8, 4) is 0 Å². The van der Waals surface area contributed by atoms with Crippen molar-refractivity contribution in [1.29, 1.82) is 0 Å². The number of carbonyl (C=O) groups is 3. The van der Waals surface area contributed by atoms with Gasteiger partial charge in [0.1, 0.15) is 5.82 Å². The van der Waals surface area contributed by atoms with Crippen molar-refractivity contribution in [2.24, 2.45) is 11.8 Å². The zero-order valence-electron chi connectivity index (χ0n) is 15.4. The van der Waals surface area contributed by atoms with Gasteiger partial charge in [-0.1, -0.05) is 35.9 Å². The molecule has 3 heterocycles. The minimum Gasteiger partial charge on any atom is -0.359 e. The molecular weight excluding hydrogens is 395 g/mol. The van der Waals surface area contributed by atoms with E-state index in [2.05, 4.69) is 0 Å². The summed E-state index contributed by atoms with van der Waals surface area (Å²) < 4.78 is 13.6. The molecule has 2 aromatic rings. The molecule has 7 heteroatoms. The van der Waals surface area contributed by atoms with E-state index in [9.17, 15) is 18.8 Å². The zero-order chi connectivity index (χ0) is 20.4. The average Bonchev–Trinajstić information content (AvgIpc) is 3.17. The van der Waals surface area contributed by atoms with Gasteiger partial charge in [-0.3, -0.25) is 14.4 Å². The Labute approximate surface area is 171 Å². The Bertz CT molecular complexity index is 1110. The highest BCUT2D eigenvalue weighted by atomic mass is 35.5. The van der Waals surface area contributed by atoms with Gasteiger partial charge in [-0.25, -0.2) is 9.29 Å². The topological polar surface area (TPSA) is 57.7 Å². The molecule has 4 atom stereocenters. The monoisotopic (exact) mass is 410 g/mol. The van der Waals surface area contributed by atoms with E-state index in [1.165, 1.54) is 19.1 Å². The van der Waals surface area contributed by atoms with Crippen molar-refractivity contribution in [2.45, 2.75) is 19.0 Å². The molecule has 3 aliphatic rings. The van der Waals surface area contributed by atoms with Gasteiger partial charge in [0.2, 0.25) is 11.8 Å². The Kier molecular flexibility index (Phi) is 3.90. The Hall–Kier alpha value is -2.99. The van der Waals surface area contributed by atoms with Crippen LogP contribution in [0.3, 0.4) is 0 Å².